The summed E-state index contributed by atoms with van der Waals surface area (Å²) in [6.45, 7) is 0.766. The molecule has 0 fully saturated rings. The second-order valence-electron chi connectivity index (χ2n) is 3.65. The van der Waals surface area contributed by atoms with Crippen LogP contribution in [0.3, 0.4) is 0 Å². The third-order valence-electron chi connectivity index (χ3n) is 2.21. The summed E-state index contributed by atoms with van der Waals surface area (Å²) in [5.41, 5.74) is 0.398. The third-order valence-corrected chi connectivity index (χ3v) is 3.47. The quantitative estimate of drug-likeness (QED) is 0.363. The van der Waals surface area contributed by atoms with Crippen LogP contribution in [0.4, 0.5) is 11.4 Å². The van der Waals surface area contributed by atoms with Gasteiger partial charge in [-0.25, -0.2) is 0 Å². The Balaban J connectivity index is 2.55. The summed E-state index contributed by atoms with van der Waals surface area (Å²) in [5.74, 6) is 1.06. The zero-order chi connectivity index (χ0) is 14.3. The van der Waals surface area contributed by atoms with Gasteiger partial charge in [-0.05, 0) is 42.8 Å². The number of halogens is 1. The highest BCUT2D eigenvalue weighted by molar-refractivity contribution is 7.98. The van der Waals surface area contributed by atoms with Crippen LogP contribution in [-0.4, -0.2) is 28.6 Å². The monoisotopic (exact) mass is 319 g/mol. The second kappa shape index (κ2) is 8.19. The topological polar surface area (TPSA) is 67.2 Å². The lowest BCUT2D eigenvalue weighted by atomic mass is 10.3. The van der Waals surface area contributed by atoms with Gasteiger partial charge in [-0.2, -0.15) is 11.8 Å². The summed E-state index contributed by atoms with van der Waals surface area (Å²) >= 11 is 12.6. The molecule has 8 heteroatoms. The van der Waals surface area contributed by atoms with Crippen molar-refractivity contribution in [1.29, 1.82) is 0 Å². The summed E-state index contributed by atoms with van der Waals surface area (Å²) in [4.78, 5) is 10.2. The van der Waals surface area contributed by atoms with Crippen molar-refractivity contribution in [3.63, 3.8) is 0 Å². The molecule has 0 spiro atoms. The minimum atomic E-state index is -0.525. The van der Waals surface area contributed by atoms with Crippen molar-refractivity contribution >= 4 is 52.1 Å². The summed E-state index contributed by atoms with van der Waals surface area (Å²) < 4.78 is 0. The zero-order valence-electron chi connectivity index (χ0n) is 10.3. The fourth-order valence-electron chi connectivity index (χ4n) is 1.32. The van der Waals surface area contributed by atoms with E-state index in [9.17, 15) is 10.1 Å². The van der Waals surface area contributed by atoms with Gasteiger partial charge in [0.05, 0.1) is 4.92 Å². The van der Waals surface area contributed by atoms with E-state index in [0.717, 1.165) is 18.7 Å². The number of nitro groups is 1. The summed E-state index contributed by atoms with van der Waals surface area (Å²) in [7, 11) is 0. The lowest BCUT2D eigenvalue weighted by Crippen LogP contribution is -2.29. The van der Waals surface area contributed by atoms with Crippen LogP contribution in [-0.2, 0) is 0 Å². The highest BCUT2D eigenvalue weighted by Crippen LogP contribution is 2.27. The predicted octanol–water partition coefficient (Wildman–Crippen LogP) is 3.29. The van der Waals surface area contributed by atoms with Gasteiger partial charge in [-0.1, -0.05) is 11.6 Å². The Labute approximate surface area is 126 Å². The average molecular weight is 320 g/mol. The van der Waals surface area contributed by atoms with Gasteiger partial charge < -0.3 is 10.6 Å². The van der Waals surface area contributed by atoms with Crippen LogP contribution < -0.4 is 10.6 Å². The molecular formula is C11H14ClN3O2S2. The number of nitro benzene ring substituents is 1. The molecule has 2 N–H and O–H groups in total. The van der Waals surface area contributed by atoms with Crippen molar-refractivity contribution in [2.45, 2.75) is 6.42 Å². The molecule has 0 atom stereocenters. The maximum atomic E-state index is 10.7. The number of nitrogens with one attached hydrogen (secondary N) is 2. The first-order valence-corrected chi connectivity index (χ1v) is 7.70. The fourth-order valence-corrected chi connectivity index (χ4v) is 2.16. The van der Waals surface area contributed by atoms with Gasteiger partial charge in [0, 0.05) is 18.3 Å². The maximum absolute atomic E-state index is 10.7. The van der Waals surface area contributed by atoms with Crippen LogP contribution in [0.25, 0.3) is 0 Å². The molecule has 0 saturated carbocycles. The van der Waals surface area contributed by atoms with Crippen molar-refractivity contribution in [3.05, 3.63) is 33.3 Å². The summed E-state index contributed by atoms with van der Waals surface area (Å²) in [6, 6.07) is 4.47. The minimum absolute atomic E-state index is 0.106. The van der Waals surface area contributed by atoms with E-state index in [-0.39, 0.29) is 10.7 Å². The molecule has 1 rings (SSSR count). The first-order valence-electron chi connectivity index (χ1n) is 5.52. The Morgan fingerprint density at radius 2 is 2.32 bits per heavy atom. The average Bonchev–Trinajstić information content (AvgIpc) is 2.36. The highest BCUT2D eigenvalue weighted by Gasteiger charge is 2.12. The fraction of sp³-hybridized carbons (Fsp3) is 0.364. The van der Waals surface area contributed by atoms with Gasteiger partial charge in [-0.3, -0.25) is 10.1 Å². The molecule has 0 aromatic heterocycles. The first-order chi connectivity index (χ1) is 9.04. The smallest absolute Gasteiger partial charge is 0.289 e. The molecule has 0 unspecified atom stereocenters. The largest absolute Gasteiger partial charge is 0.362 e. The molecule has 0 saturated heterocycles. The van der Waals surface area contributed by atoms with E-state index in [1.54, 1.807) is 17.8 Å². The number of nitrogens with zero attached hydrogens (tertiary/aromatic N) is 1. The van der Waals surface area contributed by atoms with E-state index in [4.69, 9.17) is 23.8 Å². The standard InChI is InChI=1S/C11H14ClN3O2S2/c1-19-6-2-5-13-11(18)14-8-3-4-9(12)10(7-8)15(16)17/h3-4,7H,2,5-6H2,1H3,(H2,13,14,18). The molecule has 1 aromatic carbocycles. The molecule has 5 nitrogen and oxygen atoms in total. The Kier molecular flexibility index (Phi) is 6.90. The molecule has 104 valence electrons. The van der Waals surface area contributed by atoms with Crippen LogP contribution in [0.2, 0.25) is 5.02 Å². The first kappa shape index (κ1) is 16.0. The van der Waals surface area contributed by atoms with Crippen molar-refractivity contribution in [3.8, 4) is 0 Å². The van der Waals surface area contributed by atoms with Gasteiger partial charge >= 0.3 is 0 Å². The number of rotatable bonds is 6. The Morgan fingerprint density at radius 1 is 1.58 bits per heavy atom. The van der Waals surface area contributed by atoms with Gasteiger partial charge in [0.25, 0.3) is 5.69 Å². The summed E-state index contributed by atoms with van der Waals surface area (Å²) in [6.07, 6.45) is 3.05. The summed E-state index contributed by atoms with van der Waals surface area (Å²) in [5, 5.41) is 17.2. The third kappa shape index (κ3) is 5.63. The van der Waals surface area contributed by atoms with Gasteiger partial charge in [0.15, 0.2) is 5.11 Å². The number of thioether (sulfide) groups is 1. The maximum Gasteiger partial charge on any atom is 0.289 e. The molecule has 0 bridgehead atoms. The van der Waals surface area contributed by atoms with E-state index >= 15 is 0 Å². The number of hydrogen-bond donors (Lipinski definition) is 2. The van der Waals surface area contributed by atoms with Crippen molar-refractivity contribution < 1.29 is 4.92 Å². The Bertz CT molecular complexity index is 471. The van der Waals surface area contributed by atoms with Crippen LogP contribution in [0.5, 0.6) is 0 Å². The van der Waals surface area contributed by atoms with E-state index in [2.05, 4.69) is 10.6 Å². The second-order valence-corrected chi connectivity index (χ2v) is 5.45. The minimum Gasteiger partial charge on any atom is -0.362 e. The van der Waals surface area contributed by atoms with E-state index in [1.807, 2.05) is 6.26 Å². The number of anilines is 1. The molecule has 0 radical (unpaired) electrons. The van der Waals surface area contributed by atoms with E-state index in [0.29, 0.717) is 10.8 Å². The van der Waals surface area contributed by atoms with Crippen molar-refractivity contribution in [2.24, 2.45) is 0 Å². The predicted molar refractivity (Wildman–Crippen MR) is 85.3 cm³/mol. The van der Waals surface area contributed by atoms with Crippen molar-refractivity contribution in [1.82, 2.24) is 5.32 Å². The van der Waals surface area contributed by atoms with Gasteiger partial charge in [-0.15, -0.1) is 0 Å². The van der Waals surface area contributed by atoms with Crippen LogP contribution in [0, 0.1) is 10.1 Å². The van der Waals surface area contributed by atoms with E-state index < -0.39 is 4.92 Å². The van der Waals surface area contributed by atoms with Gasteiger partial charge in [0.1, 0.15) is 5.02 Å². The SMILES string of the molecule is CSCCCNC(=S)Nc1ccc(Cl)c([N+](=O)[O-])c1. The van der Waals surface area contributed by atoms with Crippen LogP contribution >= 0.6 is 35.6 Å². The van der Waals surface area contributed by atoms with Crippen molar-refractivity contribution in [2.75, 3.05) is 23.9 Å². The molecule has 0 aliphatic carbocycles. The zero-order valence-corrected chi connectivity index (χ0v) is 12.7. The van der Waals surface area contributed by atoms with E-state index in [1.165, 1.54) is 12.1 Å². The highest BCUT2D eigenvalue weighted by atomic mass is 35.5. The molecule has 1 aromatic rings. The number of thiocarbonyl (C=S) groups is 1. The normalized spacial score (nSPS) is 10.0. The Hall–Kier alpha value is -1.05. The number of benzene rings is 1. The molecule has 19 heavy (non-hydrogen) atoms. The Morgan fingerprint density at radius 3 is 2.95 bits per heavy atom. The molecule has 0 heterocycles. The molecule has 0 amide bonds. The van der Waals surface area contributed by atoms with Gasteiger partial charge in [0.2, 0.25) is 0 Å². The van der Waals surface area contributed by atoms with Crippen LogP contribution in [0.1, 0.15) is 6.42 Å². The molecular weight excluding hydrogens is 306 g/mol. The number of hydrogen-bond acceptors (Lipinski definition) is 4. The lowest BCUT2D eigenvalue weighted by molar-refractivity contribution is -0.384. The molecule has 0 aliphatic rings. The lowest BCUT2D eigenvalue weighted by Gasteiger charge is -2.10. The molecule has 0 aliphatic heterocycles. The van der Waals surface area contributed by atoms with Crippen LogP contribution in [0.15, 0.2) is 18.2 Å².